The largest absolute Gasteiger partial charge is 0.368 e. The van der Waals surface area contributed by atoms with Crippen LogP contribution in [0.1, 0.15) is 30.6 Å². The van der Waals surface area contributed by atoms with Crippen molar-refractivity contribution in [2.75, 3.05) is 6.54 Å². The van der Waals surface area contributed by atoms with Gasteiger partial charge in [0.1, 0.15) is 6.04 Å². The molecule has 118 valence electrons. The standard InChI is InChI=1S/C16H21N3O3/c1-11(2)8-9-13(15(17)21)19-14(20)10-18-16(22)12-6-4-3-5-7-12/h3-8,13H,9-10H2,1-2H3,(H2,17,21)(H,18,22)(H,19,20)/t13-/m1/s1. The highest BCUT2D eigenvalue weighted by Crippen LogP contribution is 1.99. The Morgan fingerprint density at radius 1 is 1.18 bits per heavy atom. The molecule has 3 amide bonds. The van der Waals surface area contributed by atoms with Gasteiger partial charge in [0.25, 0.3) is 5.91 Å². The summed E-state index contributed by atoms with van der Waals surface area (Å²) in [5.41, 5.74) is 6.74. The molecule has 1 aromatic carbocycles. The zero-order chi connectivity index (χ0) is 16.5. The van der Waals surface area contributed by atoms with Crippen molar-refractivity contribution in [2.45, 2.75) is 26.3 Å². The van der Waals surface area contributed by atoms with Gasteiger partial charge in [-0.1, -0.05) is 29.8 Å². The second-order valence-corrected chi connectivity index (χ2v) is 5.09. The van der Waals surface area contributed by atoms with E-state index >= 15 is 0 Å². The van der Waals surface area contributed by atoms with Crippen molar-refractivity contribution in [1.29, 1.82) is 0 Å². The first kappa shape index (κ1) is 17.4. The molecule has 22 heavy (non-hydrogen) atoms. The van der Waals surface area contributed by atoms with E-state index in [2.05, 4.69) is 10.6 Å². The van der Waals surface area contributed by atoms with Crippen LogP contribution in [0.15, 0.2) is 42.0 Å². The first-order valence-corrected chi connectivity index (χ1v) is 6.95. The van der Waals surface area contributed by atoms with Crippen molar-refractivity contribution < 1.29 is 14.4 Å². The van der Waals surface area contributed by atoms with Gasteiger partial charge in [0.05, 0.1) is 6.54 Å². The summed E-state index contributed by atoms with van der Waals surface area (Å²) in [5.74, 6) is -1.42. The van der Waals surface area contributed by atoms with E-state index in [9.17, 15) is 14.4 Å². The van der Waals surface area contributed by atoms with E-state index in [0.717, 1.165) is 5.57 Å². The van der Waals surface area contributed by atoms with Crippen molar-refractivity contribution in [3.63, 3.8) is 0 Å². The minimum absolute atomic E-state index is 0.216. The molecule has 1 aromatic rings. The van der Waals surface area contributed by atoms with Crippen LogP contribution in [0.2, 0.25) is 0 Å². The van der Waals surface area contributed by atoms with E-state index < -0.39 is 17.9 Å². The molecule has 0 saturated carbocycles. The molecule has 1 atom stereocenters. The molecule has 0 saturated heterocycles. The number of hydrogen-bond acceptors (Lipinski definition) is 3. The second-order valence-electron chi connectivity index (χ2n) is 5.09. The lowest BCUT2D eigenvalue weighted by Crippen LogP contribution is -2.47. The van der Waals surface area contributed by atoms with Gasteiger partial charge in [-0.3, -0.25) is 14.4 Å². The summed E-state index contributed by atoms with van der Waals surface area (Å²) >= 11 is 0. The predicted molar refractivity (Wildman–Crippen MR) is 83.9 cm³/mol. The number of allylic oxidation sites excluding steroid dienone is 1. The zero-order valence-electron chi connectivity index (χ0n) is 12.8. The molecule has 0 fully saturated rings. The number of hydrogen-bond donors (Lipinski definition) is 3. The van der Waals surface area contributed by atoms with Gasteiger partial charge in [-0.25, -0.2) is 0 Å². The van der Waals surface area contributed by atoms with Crippen molar-refractivity contribution in [1.82, 2.24) is 10.6 Å². The van der Waals surface area contributed by atoms with Crippen LogP contribution < -0.4 is 16.4 Å². The molecule has 0 heterocycles. The molecule has 0 aliphatic carbocycles. The van der Waals surface area contributed by atoms with Crippen LogP contribution in [0.4, 0.5) is 0 Å². The fourth-order valence-corrected chi connectivity index (χ4v) is 1.70. The Morgan fingerprint density at radius 3 is 2.36 bits per heavy atom. The molecular weight excluding hydrogens is 282 g/mol. The third-order valence-corrected chi connectivity index (χ3v) is 2.89. The van der Waals surface area contributed by atoms with Crippen LogP contribution in [-0.4, -0.2) is 30.3 Å². The van der Waals surface area contributed by atoms with Crippen molar-refractivity contribution >= 4 is 17.7 Å². The smallest absolute Gasteiger partial charge is 0.251 e. The van der Waals surface area contributed by atoms with E-state index in [-0.39, 0.29) is 12.5 Å². The van der Waals surface area contributed by atoms with Gasteiger partial charge < -0.3 is 16.4 Å². The maximum atomic E-state index is 11.8. The van der Waals surface area contributed by atoms with Crippen LogP contribution in [0, 0.1) is 0 Å². The van der Waals surface area contributed by atoms with Crippen LogP contribution in [0.3, 0.4) is 0 Å². The molecule has 6 heteroatoms. The molecule has 0 unspecified atom stereocenters. The minimum Gasteiger partial charge on any atom is -0.368 e. The quantitative estimate of drug-likeness (QED) is 0.648. The van der Waals surface area contributed by atoms with E-state index in [1.54, 1.807) is 30.3 Å². The van der Waals surface area contributed by atoms with Gasteiger partial charge in [-0.15, -0.1) is 0 Å². The van der Waals surface area contributed by atoms with Crippen molar-refractivity contribution in [3.05, 3.63) is 47.5 Å². The third kappa shape index (κ3) is 6.21. The Morgan fingerprint density at radius 2 is 1.82 bits per heavy atom. The number of rotatable bonds is 7. The zero-order valence-corrected chi connectivity index (χ0v) is 12.8. The topological polar surface area (TPSA) is 101 Å². The lowest BCUT2D eigenvalue weighted by Gasteiger charge is -2.14. The normalized spacial score (nSPS) is 11.2. The van der Waals surface area contributed by atoms with E-state index in [1.807, 2.05) is 19.9 Å². The lowest BCUT2D eigenvalue weighted by atomic mass is 10.1. The fourth-order valence-electron chi connectivity index (χ4n) is 1.70. The molecule has 0 radical (unpaired) electrons. The monoisotopic (exact) mass is 303 g/mol. The summed E-state index contributed by atoms with van der Waals surface area (Å²) in [6.45, 7) is 3.56. The van der Waals surface area contributed by atoms with Crippen LogP contribution in [0.25, 0.3) is 0 Å². The Hall–Kier alpha value is -2.63. The Bertz CT molecular complexity index is 563. The summed E-state index contributed by atoms with van der Waals surface area (Å²) in [6, 6.07) is 7.78. The Balaban J connectivity index is 2.49. The second kappa shape index (κ2) is 8.61. The lowest BCUT2D eigenvalue weighted by molar-refractivity contribution is -0.126. The van der Waals surface area contributed by atoms with E-state index in [4.69, 9.17) is 5.73 Å². The van der Waals surface area contributed by atoms with Gasteiger partial charge in [-0.05, 0) is 32.4 Å². The summed E-state index contributed by atoms with van der Waals surface area (Å²) in [7, 11) is 0. The number of benzene rings is 1. The highest BCUT2D eigenvalue weighted by Gasteiger charge is 2.17. The van der Waals surface area contributed by atoms with Gasteiger partial charge in [0, 0.05) is 5.56 Å². The average Bonchev–Trinajstić information content (AvgIpc) is 2.49. The molecule has 4 N–H and O–H groups in total. The molecule has 0 spiro atoms. The first-order valence-electron chi connectivity index (χ1n) is 6.95. The van der Waals surface area contributed by atoms with Crippen molar-refractivity contribution in [3.8, 4) is 0 Å². The molecule has 0 aliphatic rings. The number of amides is 3. The summed E-state index contributed by atoms with van der Waals surface area (Å²) in [5, 5.41) is 5.00. The molecular formula is C16H21N3O3. The average molecular weight is 303 g/mol. The van der Waals surface area contributed by atoms with Gasteiger partial charge >= 0.3 is 0 Å². The minimum atomic E-state index is -0.781. The van der Waals surface area contributed by atoms with Crippen LogP contribution in [0.5, 0.6) is 0 Å². The van der Waals surface area contributed by atoms with E-state index in [1.165, 1.54) is 0 Å². The van der Waals surface area contributed by atoms with Crippen LogP contribution in [-0.2, 0) is 9.59 Å². The number of carbonyl (C=O) groups excluding carboxylic acids is 3. The molecule has 0 aromatic heterocycles. The summed E-state index contributed by atoms with van der Waals surface area (Å²) in [6.07, 6.45) is 2.15. The van der Waals surface area contributed by atoms with Crippen LogP contribution >= 0.6 is 0 Å². The van der Waals surface area contributed by atoms with Gasteiger partial charge in [0.2, 0.25) is 11.8 Å². The third-order valence-electron chi connectivity index (χ3n) is 2.89. The maximum absolute atomic E-state index is 11.8. The highest BCUT2D eigenvalue weighted by molar-refractivity contribution is 5.97. The number of nitrogens with one attached hydrogen (secondary N) is 2. The highest BCUT2D eigenvalue weighted by atomic mass is 16.2. The number of nitrogens with two attached hydrogens (primary N) is 1. The predicted octanol–water partition coefficient (Wildman–Crippen LogP) is 0.743. The summed E-state index contributed by atoms with van der Waals surface area (Å²) in [4.78, 5) is 34.9. The molecule has 6 nitrogen and oxygen atoms in total. The summed E-state index contributed by atoms with van der Waals surface area (Å²) < 4.78 is 0. The number of primary amides is 1. The SMILES string of the molecule is CC(C)=CC[C@@H](NC(=O)CNC(=O)c1ccccc1)C(N)=O. The fraction of sp³-hybridized carbons (Fsp3) is 0.312. The first-order chi connectivity index (χ1) is 10.4. The number of carbonyl (C=O) groups is 3. The molecule has 0 aliphatic heterocycles. The van der Waals surface area contributed by atoms with Crippen molar-refractivity contribution in [2.24, 2.45) is 5.73 Å². The molecule has 0 bridgehead atoms. The van der Waals surface area contributed by atoms with E-state index in [0.29, 0.717) is 12.0 Å². The van der Waals surface area contributed by atoms with Gasteiger partial charge in [-0.2, -0.15) is 0 Å². The molecule has 1 rings (SSSR count). The Labute approximate surface area is 129 Å². The Kier molecular flexibility index (Phi) is 6.82. The maximum Gasteiger partial charge on any atom is 0.251 e. The van der Waals surface area contributed by atoms with Gasteiger partial charge in [0.15, 0.2) is 0 Å².